The van der Waals surface area contributed by atoms with Crippen molar-refractivity contribution in [1.29, 1.82) is 0 Å². The number of hydrogen-bond acceptors (Lipinski definition) is 2. The molecule has 0 bridgehead atoms. The Bertz CT molecular complexity index is 841. The van der Waals surface area contributed by atoms with Crippen LogP contribution in [0.15, 0.2) is 48.5 Å². The molecule has 0 N–H and O–H groups in total. The van der Waals surface area contributed by atoms with Gasteiger partial charge in [-0.15, -0.1) is 0 Å². The molecular weight excluding hydrogens is 321 g/mol. The van der Waals surface area contributed by atoms with Gasteiger partial charge >= 0.3 is 5.97 Å². The maximum atomic E-state index is 12.3. The van der Waals surface area contributed by atoms with E-state index in [2.05, 4.69) is 0 Å². The summed E-state index contributed by atoms with van der Waals surface area (Å²) in [6.45, 7) is 2.10. The molecule has 2 aromatic carbocycles. The zero-order valence-electron chi connectivity index (χ0n) is 11.8. The van der Waals surface area contributed by atoms with Crippen molar-refractivity contribution in [1.82, 2.24) is 4.57 Å². The molecule has 112 valence electrons. The third-order valence-corrected chi connectivity index (χ3v) is 4.06. The number of para-hydroxylation sites is 1. The van der Waals surface area contributed by atoms with Gasteiger partial charge in [-0.3, -0.25) is 0 Å². The van der Waals surface area contributed by atoms with Crippen molar-refractivity contribution in [3.8, 4) is 5.69 Å². The van der Waals surface area contributed by atoms with Gasteiger partial charge in [0.2, 0.25) is 0 Å². The molecule has 0 radical (unpaired) electrons. The lowest BCUT2D eigenvalue weighted by atomic mass is 10.2. The molecule has 22 heavy (non-hydrogen) atoms. The molecule has 3 rings (SSSR count). The smallest absolute Gasteiger partial charge is 0.355 e. The quantitative estimate of drug-likeness (QED) is 0.623. The first kappa shape index (κ1) is 14.9. The average Bonchev–Trinajstić information content (AvgIpc) is 2.87. The van der Waals surface area contributed by atoms with Crippen molar-refractivity contribution >= 4 is 40.1 Å². The van der Waals surface area contributed by atoms with Crippen LogP contribution in [0.1, 0.15) is 17.4 Å². The van der Waals surface area contributed by atoms with Gasteiger partial charge in [0.05, 0.1) is 22.2 Å². The van der Waals surface area contributed by atoms with Crippen molar-refractivity contribution in [3.63, 3.8) is 0 Å². The summed E-state index contributed by atoms with van der Waals surface area (Å²) in [6.07, 6.45) is 0. The monoisotopic (exact) mass is 333 g/mol. The number of rotatable bonds is 3. The zero-order valence-corrected chi connectivity index (χ0v) is 13.4. The third-order valence-electron chi connectivity index (χ3n) is 3.34. The van der Waals surface area contributed by atoms with E-state index < -0.39 is 0 Å². The number of halogens is 2. The first-order chi connectivity index (χ1) is 10.6. The van der Waals surface area contributed by atoms with Crippen LogP contribution in [0.3, 0.4) is 0 Å². The highest BCUT2D eigenvalue weighted by Crippen LogP contribution is 2.32. The maximum absolute atomic E-state index is 12.3. The van der Waals surface area contributed by atoms with Crippen molar-refractivity contribution in [2.75, 3.05) is 6.61 Å². The number of ether oxygens (including phenoxy) is 1. The van der Waals surface area contributed by atoms with Crippen LogP contribution in [0.4, 0.5) is 0 Å². The minimum atomic E-state index is -0.380. The second-order valence-electron chi connectivity index (χ2n) is 4.75. The number of carbonyl (C=O) groups excluding carboxylic acids is 1. The summed E-state index contributed by atoms with van der Waals surface area (Å²) in [5, 5.41) is 1.73. The summed E-state index contributed by atoms with van der Waals surface area (Å²) < 4.78 is 6.98. The summed E-state index contributed by atoms with van der Waals surface area (Å²) in [5.74, 6) is -0.380. The first-order valence-electron chi connectivity index (χ1n) is 6.85. The third kappa shape index (κ3) is 2.58. The number of hydrogen-bond donors (Lipinski definition) is 0. The normalized spacial score (nSPS) is 10.9. The summed E-state index contributed by atoms with van der Waals surface area (Å²) in [5.41, 5.74) is 2.11. The predicted octanol–water partition coefficient (Wildman–Crippen LogP) is 5.11. The van der Waals surface area contributed by atoms with Gasteiger partial charge in [0, 0.05) is 11.1 Å². The van der Waals surface area contributed by atoms with Crippen LogP contribution in [-0.2, 0) is 4.74 Å². The van der Waals surface area contributed by atoms with Gasteiger partial charge in [0.15, 0.2) is 0 Å². The lowest BCUT2D eigenvalue weighted by Crippen LogP contribution is -2.10. The number of nitrogens with zero attached hydrogens (tertiary/aromatic N) is 1. The Labute approximate surface area is 138 Å². The van der Waals surface area contributed by atoms with Gasteiger partial charge in [-0.1, -0.05) is 41.4 Å². The Hall–Kier alpha value is -1.97. The van der Waals surface area contributed by atoms with E-state index in [0.717, 1.165) is 16.6 Å². The maximum Gasteiger partial charge on any atom is 0.355 e. The molecule has 0 aliphatic heterocycles. The molecule has 1 heterocycles. The lowest BCUT2D eigenvalue weighted by Gasteiger charge is -2.10. The van der Waals surface area contributed by atoms with E-state index in [4.69, 9.17) is 27.9 Å². The molecule has 5 heteroatoms. The van der Waals surface area contributed by atoms with E-state index in [1.165, 1.54) is 0 Å². The molecule has 0 saturated heterocycles. The minimum Gasteiger partial charge on any atom is -0.461 e. The Balaban J connectivity index is 2.32. The van der Waals surface area contributed by atoms with Crippen molar-refractivity contribution in [2.45, 2.75) is 6.92 Å². The van der Waals surface area contributed by atoms with Gasteiger partial charge in [0.1, 0.15) is 5.69 Å². The molecule has 1 aromatic heterocycles. The SMILES string of the molecule is CCOC(=O)c1cc2cc(Cl)c(Cl)cc2n1-c1ccccc1. The fourth-order valence-electron chi connectivity index (χ4n) is 2.41. The Morgan fingerprint density at radius 2 is 1.77 bits per heavy atom. The Kier molecular flexibility index (Phi) is 4.10. The summed E-state index contributed by atoms with van der Waals surface area (Å²) in [6, 6.07) is 14.9. The van der Waals surface area contributed by atoms with E-state index in [-0.39, 0.29) is 5.97 Å². The standard InChI is InChI=1S/C17H13Cl2NO2/c1-2-22-17(21)16-9-11-8-13(18)14(19)10-15(11)20(16)12-6-4-3-5-7-12/h3-10H,2H2,1H3. The van der Waals surface area contributed by atoms with Crippen molar-refractivity contribution in [3.05, 3.63) is 64.3 Å². The topological polar surface area (TPSA) is 31.2 Å². The fraction of sp³-hybridized carbons (Fsp3) is 0.118. The molecular formula is C17H13Cl2NO2. The number of aromatic nitrogens is 1. The summed E-state index contributed by atoms with van der Waals surface area (Å²) in [7, 11) is 0. The van der Waals surface area contributed by atoms with Crippen LogP contribution >= 0.6 is 23.2 Å². The van der Waals surface area contributed by atoms with E-state index >= 15 is 0 Å². The highest BCUT2D eigenvalue weighted by molar-refractivity contribution is 6.42. The zero-order chi connectivity index (χ0) is 15.7. The Morgan fingerprint density at radius 3 is 2.45 bits per heavy atom. The molecule has 0 atom stereocenters. The molecule has 0 saturated carbocycles. The van der Waals surface area contributed by atoms with Crippen LogP contribution in [0.25, 0.3) is 16.6 Å². The van der Waals surface area contributed by atoms with Crippen LogP contribution in [0.2, 0.25) is 10.0 Å². The van der Waals surface area contributed by atoms with E-state index in [9.17, 15) is 4.79 Å². The predicted molar refractivity (Wildman–Crippen MR) is 89.3 cm³/mol. The number of esters is 1. The number of fused-ring (bicyclic) bond motifs is 1. The molecule has 0 unspecified atom stereocenters. The molecule has 3 nitrogen and oxygen atoms in total. The molecule has 0 fully saturated rings. The van der Waals surface area contributed by atoms with E-state index in [1.807, 2.05) is 34.9 Å². The summed E-state index contributed by atoms with van der Waals surface area (Å²) in [4.78, 5) is 12.3. The van der Waals surface area contributed by atoms with Gasteiger partial charge in [-0.2, -0.15) is 0 Å². The Morgan fingerprint density at radius 1 is 1.09 bits per heavy atom. The number of carbonyl (C=O) groups is 1. The van der Waals surface area contributed by atoms with Crippen molar-refractivity contribution < 1.29 is 9.53 Å². The fourth-order valence-corrected chi connectivity index (χ4v) is 2.74. The molecule has 0 amide bonds. The van der Waals surface area contributed by atoms with Gasteiger partial charge in [-0.25, -0.2) is 4.79 Å². The second-order valence-corrected chi connectivity index (χ2v) is 5.56. The lowest BCUT2D eigenvalue weighted by molar-refractivity contribution is 0.0517. The highest BCUT2D eigenvalue weighted by Gasteiger charge is 2.19. The van der Waals surface area contributed by atoms with Crippen LogP contribution in [0, 0.1) is 0 Å². The van der Waals surface area contributed by atoms with Crippen LogP contribution in [-0.4, -0.2) is 17.1 Å². The highest BCUT2D eigenvalue weighted by atomic mass is 35.5. The van der Waals surface area contributed by atoms with Gasteiger partial charge < -0.3 is 9.30 Å². The largest absolute Gasteiger partial charge is 0.461 e. The summed E-state index contributed by atoms with van der Waals surface area (Å²) >= 11 is 12.2. The average molecular weight is 334 g/mol. The van der Waals surface area contributed by atoms with E-state index in [0.29, 0.717) is 22.3 Å². The molecule has 0 aliphatic carbocycles. The van der Waals surface area contributed by atoms with Crippen molar-refractivity contribution in [2.24, 2.45) is 0 Å². The second kappa shape index (κ2) is 6.03. The molecule has 0 spiro atoms. The first-order valence-corrected chi connectivity index (χ1v) is 7.60. The van der Waals surface area contributed by atoms with Crippen LogP contribution < -0.4 is 0 Å². The van der Waals surface area contributed by atoms with Gasteiger partial charge in [0.25, 0.3) is 0 Å². The number of benzene rings is 2. The molecule has 0 aliphatic rings. The van der Waals surface area contributed by atoms with Gasteiger partial charge in [-0.05, 0) is 37.3 Å². The minimum absolute atomic E-state index is 0.316. The van der Waals surface area contributed by atoms with Crippen LogP contribution in [0.5, 0.6) is 0 Å². The van der Waals surface area contributed by atoms with E-state index in [1.54, 1.807) is 25.1 Å². The molecule has 3 aromatic rings.